The predicted molar refractivity (Wildman–Crippen MR) is 113 cm³/mol. The van der Waals surface area contributed by atoms with Crippen LogP contribution in [0.5, 0.6) is 5.75 Å². The predicted octanol–water partition coefficient (Wildman–Crippen LogP) is 3.39. The Morgan fingerprint density at radius 2 is 1.83 bits per heavy atom. The summed E-state index contributed by atoms with van der Waals surface area (Å²) in [6.45, 7) is 3.55. The zero-order valence-corrected chi connectivity index (χ0v) is 17.5. The lowest BCUT2D eigenvalue weighted by Gasteiger charge is -2.26. The van der Waals surface area contributed by atoms with Crippen LogP contribution < -0.4 is 9.46 Å². The number of piperidine rings is 1. The first-order chi connectivity index (χ1) is 14.0. The maximum absolute atomic E-state index is 12.8. The summed E-state index contributed by atoms with van der Waals surface area (Å²) in [6.07, 6.45) is 4.55. The van der Waals surface area contributed by atoms with Gasteiger partial charge in [-0.15, -0.1) is 0 Å². The van der Waals surface area contributed by atoms with Crippen LogP contribution in [0, 0.1) is 11.3 Å². The van der Waals surface area contributed by atoms with Crippen LogP contribution in [0.25, 0.3) is 11.1 Å². The van der Waals surface area contributed by atoms with E-state index in [4.69, 9.17) is 10.00 Å². The molecular weight excluding hydrogens is 386 g/mol. The molecule has 29 heavy (non-hydrogen) atoms. The number of nitriles is 1. The third-order valence-electron chi connectivity index (χ3n) is 5.20. The molecule has 2 aromatic rings. The third-order valence-corrected chi connectivity index (χ3v) is 6.66. The normalized spacial score (nSPS) is 15.0. The molecule has 1 saturated heterocycles. The molecule has 0 radical (unpaired) electrons. The fraction of sp³-hybridized carbons (Fsp3) is 0.409. The van der Waals surface area contributed by atoms with Crippen LogP contribution in [0.15, 0.2) is 47.4 Å². The van der Waals surface area contributed by atoms with Crippen LogP contribution in [-0.4, -0.2) is 46.6 Å². The summed E-state index contributed by atoms with van der Waals surface area (Å²) in [4.78, 5) is 2.60. The molecule has 1 fully saturated rings. The van der Waals surface area contributed by atoms with Crippen molar-refractivity contribution in [3.05, 3.63) is 48.0 Å². The Bertz CT molecular complexity index is 960. The molecule has 0 aliphatic carbocycles. The minimum Gasteiger partial charge on any atom is -0.496 e. The first-order valence-electron chi connectivity index (χ1n) is 9.94. The maximum Gasteiger partial charge on any atom is 0.240 e. The molecule has 6 nitrogen and oxygen atoms in total. The van der Waals surface area contributed by atoms with Crippen molar-refractivity contribution in [2.24, 2.45) is 0 Å². The van der Waals surface area contributed by atoms with Gasteiger partial charge in [0.05, 0.1) is 23.6 Å². The molecule has 0 aromatic heterocycles. The molecule has 0 spiro atoms. The number of benzene rings is 2. The van der Waals surface area contributed by atoms with Crippen molar-refractivity contribution in [3.63, 3.8) is 0 Å². The van der Waals surface area contributed by atoms with Crippen LogP contribution >= 0.6 is 0 Å². The second-order valence-corrected chi connectivity index (χ2v) is 8.97. The van der Waals surface area contributed by atoms with Crippen molar-refractivity contribution in [1.29, 1.82) is 5.26 Å². The number of methoxy groups -OCH3 is 1. The molecular formula is C22H27N3O3S. The smallest absolute Gasteiger partial charge is 0.240 e. The summed E-state index contributed by atoms with van der Waals surface area (Å²) in [7, 11) is -2.06. The van der Waals surface area contributed by atoms with Crippen molar-refractivity contribution in [3.8, 4) is 22.9 Å². The van der Waals surface area contributed by atoms with Gasteiger partial charge in [-0.1, -0.05) is 18.6 Å². The second kappa shape index (κ2) is 9.88. The number of ether oxygens (including phenoxy) is 1. The van der Waals surface area contributed by atoms with Gasteiger partial charge >= 0.3 is 0 Å². The molecule has 1 heterocycles. The number of hydrogen-bond donors (Lipinski definition) is 1. The van der Waals surface area contributed by atoms with E-state index < -0.39 is 10.0 Å². The van der Waals surface area contributed by atoms with Gasteiger partial charge in [0.2, 0.25) is 10.0 Å². The Balaban J connectivity index is 1.70. The van der Waals surface area contributed by atoms with Gasteiger partial charge in [0.25, 0.3) is 0 Å². The van der Waals surface area contributed by atoms with E-state index in [1.165, 1.54) is 19.3 Å². The van der Waals surface area contributed by atoms with Gasteiger partial charge in [-0.2, -0.15) is 5.26 Å². The molecule has 1 aliphatic rings. The van der Waals surface area contributed by atoms with Crippen molar-refractivity contribution in [1.82, 2.24) is 9.62 Å². The Morgan fingerprint density at radius 3 is 2.48 bits per heavy atom. The molecule has 2 aromatic carbocycles. The van der Waals surface area contributed by atoms with E-state index >= 15 is 0 Å². The van der Waals surface area contributed by atoms with Gasteiger partial charge in [-0.25, -0.2) is 13.1 Å². The van der Waals surface area contributed by atoms with E-state index in [9.17, 15) is 8.42 Å². The Morgan fingerprint density at radius 1 is 1.10 bits per heavy atom. The van der Waals surface area contributed by atoms with Crippen molar-refractivity contribution < 1.29 is 13.2 Å². The average molecular weight is 414 g/mol. The number of nitrogens with one attached hydrogen (secondary N) is 1. The average Bonchev–Trinajstić information content (AvgIpc) is 2.77. The Kier molecular flexibility index (Phi) is 7.26. The fourth-order valence-electron chi connectivity index (χ4n) is 3.58. The first-order valence-corrected chi connectivity index (χ1v) is 11.4. The van der Waals surface area contributed by atoms with Gasteiger partial charge in [0.1, 0.15) is 5.75 Å². The number of nitrogens with zero attached hydrogens (tertiary/aromatic N) is 2. The molecule has 7 heteroatoms. The number of sulfonamides is 1. The van der Waals surface area contributed by atoms with Crippen molar-refractivity contribution in [2.45, 2.75) is 30.6 Å². The van der Waals surface area contributed by atoms with Crippen molar-refractivity contribution >= 4 is 10.0 Å². The van der Waals surface area contributed by atoms with Gasteiger partial charge < -0.3 is 9.64 Å². The summed E-state index contributed by atoms with van der Waals surface area (Å²) in [6, 6.07) is 13.9. The molecule has 0 saturated carbocycles. The molecule has 1 N–H and O–H groups in total. The molecule has 3 rings (SSSR count). The van der Waals surface area contributed by atoms with Crippen LogP contribution in [-0.2, 0) is 10.0 Å². The molecule has 0 atom stereocenters. The zero-order chi connectivity index (χ0) is 20.7. The van der Waals surface area contributed by atoms with E-state index in [1.54, 1.807) is 49.6 Å². The highest BCUT2D eigenvalue weighted by Crippen LogP contribution is 2.32. The maximum atomic E-state index is 12.8. The largest absolute Gasteiger partial charge is 0.496 e. The van der Waals surface area contributed by atoms with Gasteiger partial charge in [-0.05, 0) is 74.8 Å². The molecule has 0 bridgehead atoms. The van der Waals surface area contributed by atoms with Crippen LogP contribution in [0.4, 0.5) is 0 Å². The van der Waals surface area contributed by atoms with Gasteiger partial charge in [0, 0.05) is 12.1 Å². The molecule has 0 unspecified atom stereocenters. The number of hydrogen-bond acceptors (Lipinski definition) is 5. The summed E-state index contributed by atoms with van der Waals surface area (Å²) in [5, 5.41) is 8.97. The summed E-state index contributed by atoms with van der Waals surface area (Å²) < 4.78 is 33.6. The highest BCUT2D eigenvalue weighted by molar-refractivity contribution is 7.89. The topological polar surface area (TPSA) is 82.4 Å². The standard InChI is InChI=1S/C22H27N3O3S/c1-28-22-11-10-20(16-21(22)19-8-6-18(17-23)7-9-19)29(26,27)24-12-5-15-25-13-3-2-4-14-25/h6-11,16,24H,2-5,12-15H2,1H3. The highest BCUT2D eigenvalue weighted by Gasteiger charge is 2.17. The second-order valence-electron chi connectivity index (χ2n) is 7.20. The van der Waals surface area contributed by atoms with Gasteiger partial charge in [-0.3, -0.25) is 0 Å². The SMILES string of the molecule is COc1ccc(S(=O)(=O)NCCCN2CCCCC2)cc1-c1ccc(C#N)cc1. The minimum absolute atomic E-state index is 0.204. The lowest BCUT2D eigenvalue weighted by Crippen LogP contribution is -2.33. The summed E-state index contributed by atoms with van der Waals surface area (Å²) >= 11 is 0. The Labute approximate surface area is 173 Å². The van der Waals surface area contributed by atoms with E-state index in [-0.39, 0.29) is 4.90 Å². The zero-order valence-electron chi connectivity index (χ0n) is 16.7. The lowest BCUT2D eigenvalue weighted by atomic mass is 10.0. The Hall–Kier alpha value is -2.40. The lowest BCUT2D eigenvalue weighted by molar-refractivity contribution is 0.227. The van der Waals surface area contributed by atoms with Gasteiger partial charge in [0.15, 0.2) is 0 Å². The fourth-order valence-corrected chi connectivity index (χ4v) is 4.68. The van der Waals surface area contributed by atoms with Crippen molar-refractivity contribution in [2.75, 3.05) is 33.3 Å². The first kappa shape index (κ1) is 21.3. The summed E-state index contributed by atoms with van der Waals surface area (Å²) in [5.74, 6) is 0.582. The number of rotatable bonds is 8. The van der Waals surface area contributed by atoms with Crippen LogP contribution in [0.2, 0.25) is 0 Å². The third kappa shape index (κ3) is 5.57. The minimum atomic E-state index is -3.61. The van der Waals surface area contributed by atoms with E-state index in [1.807, 2.05) is 0 Å². The molecule has 154 valence electrons. The van der Waals surface area contributed by atoms with Crippen LogP contribution in [0.1, 0.15) is 31.2 Å². The highest BCUT2D eigenvalue weighted by atomic mass is 32.2. The van der Waals surface area contributed by atoms with E-state index in [2.05, 4.69) is 15.7 Å². The monoisotopic (exact) mass is 413 g/mol. The quantitative estimate of drug-likeness (QED) is 0.671. The van der Waals surface area contributed by atoms with Crippen LogP contribution in [0.3, 0.4) is 0 Å². The number of likely N-dealkylation sites (tertiary alicyclic amines) is 1. The molecule has 1 aliphatic heterocycles. The van der Waals surface area contributed by atoms with E-state index in [0.29, 0.717) is 23.4 Å². The molecule has 0 amide bonds. The summed E-state index contributed by atoms with van der Waals surface area (Å²) in [5.41, 5.74) is 2.02. The van der Waals surface area contributed by atoms with E-state index in [0.717, 1.165) is 31.6 Å².